The van der Waals surface area contributed by atoms with Crippen molar-refractivity contribution in [3.63, 3.8) is 0 Å². The van der Waals surface area contributed by atoms with Crippen LogP contribution in [0.25, 0.3) is 0 Å². The summed E-state index contributed by atoms with van der Waals surface area (Å²) >= 11 is 0. The van der Waals surface area contributed by atoms with E-state index in [-0.39, 0.29) is 6.10 Å². The molecule has 2 heterocycles. The molecule has 1 saturated heterocycles. The zero-order chi connectivity index (χ0) is 26.1. The van der Waals surface area contributed by atoms with Crippen molar-refractivity contribution in [2.24, 2.45) is 10.7 Å². The molecular formula is C30H50N2O2. The van der Waals surface area contributed by atoms with E-state index in [9.17, 15) is 5.11 Å². The maximum Gasteiger partial charge on any atom is 0.0895 e. The number of nitrogens with zero attached hydrogens (tertiary/aromatic N) is 1. The highest BCUT2D eigenvalue weighted by Gasteiger charge is 2.39. The number of hydrogen-bond acceptors (Lipinski definition) is 4. The van der Waals surface area contributed by atoms with Gasteiger partial charge in [-0.1, -0.05) is 76.6 Å². The first-order valence-corrected chi connectivity index (χ1v) is 13.0. The summed E-state index contributed by atoms with van der Waals surface area (Å²) in [6, 6.07) is 10.3. The number of aryl methyl sites for hydroxylation is 1. The molecule has 1 aromatic carbocycles. The Balaban J connectivity index is 0.000000646. The molecule has 4 heteroatoms. The molecular weight excluding hydrogens is 420 g/mol. The van der Waals surface area contributed by atoms with Crippen molar-refractivity contribution in [3.8, 4) is 0 Å². The van der Waals surface area contributed by atoms with Crippen LogP contribution in [0.2, 0.25) is 0 Å². The summed E-state index contributed by atoms with van der Waals surface area (Å²) in [6.07, 6.45) is 9.78. The van der Waals surface area contributed by atoms with Gasteiger partial charge in [0.1, 0.15) is 0 Å². The first kappa shape index (κ1) is 32.0. The summed E-state index contributed by atoms with van der Waals surface area (Å²) in [5.74, 6) is 0. The van der Waals surface area contributed by atoms with E-state index in [1.54, 1.807) is 0 Å². The fourth-order valence-corrected chi connectivity index (χ4v) is 3.68. The molecule has 4 nitrogen and oxygen atoms in total. The Morgan fingerprint density at radius 1 is 1.09 bits per heavy atom. The molecule has 2 unspecified atom stereocenters. The van der Waals surface area contributed by atoms with Gasteiger partial charge in [-0.3, -0.25) is 4.99 Å². The lowest BCUT2D eigenvalue weighted by molar-refractivity contribution is -0.148. The largest absolute Gasteiger partial charge is 0.390 e. The van der Waals surface area contributed by atoms with Crippen LogP contribution in [0.3, 0.4) is 0 Å². The Morgan fingerprint density at radius 2 is 1.68 bits per heavy atom. The van der Waals surface area contributed by atoms with Gasteiger partial charge in [-0.05, 0) is 83.2 Å². The quantitative estimate of drug-likeness (QED) is 0.417. The number of aliphatic imine (C=N–C) groups is 1. The second-order valence-corrected chi connectivity index (χ2v) is 8.60. The van der Waals surface area contributed by atoms with Gasteiger partial charge < -0.3 is 15.6 Å². The minimum atomic E-state index is -0.456. The molecule has 3 N–H and O–H groups in total. The van der Waals surface area contributed by atoms with Crippen LogP contribution in [0.1, 0.15) is 86.6 Å². The number of aliphatic hydroxyl groups is 1. The third kappa shape index (κ3) is 10.9. The minimum absolute atomic E-state index is 0.125. The second kappa shape index (κ2) is 17.4. The summed E-state index contributed by atoms with van der Waals surface area (Å²) in [5.41, 5.74) is 10.4. The monoisotopic (exact) mass is 470 g/mol. The molecule has 2 aliphatic heterocycles. The maximum atomic E-state index is 10.2. The number of allylic oxidation sites excluding steroid dienone is 4. The average molecular weight is 471 g/mol. The fourth-order valence-electron chi connectivity index (χ4n) is 3.68. The topological polar surface area (TPSA) is 67.8 Å². The van der Waals surface area contributed by atoms with Crippen molar-refractivity contribution >= 4 is 5.71 Å². The molecule has 192 valence electrons. The zero-order valence-electron chi connectivity index (χ0n) is 23.2. The lowest BCUT2D eigenvalue weighted by Gasteiger charge is -2.41. The van der Waals surface area contributed by atoms with E-state index in [0.29, 0.717) is 6.42 Å². The Labute approximate surface area is 209 Å². The van der Waals surface area contributed by atoms with Crippen LogP contribution in [0, 0.1) is 6.92 Å². The van der Waals surface area contributed by atoms with Crippen LogP contribution >= 0.6 is 0 Å². The predicted molar refractivity (Wildman–Crippen MR) is 149 cm³/mol. The minimum Gasteiger partial charge on any atom is -0.390 e. The molecule has 1 aromatic rings. The SMILES string of the molecule is CC.CC.CC1=NC2=C(CC=C1)CCC1OC(C)(C)C(O)CC1=C2.CCN.Cc1ccccc1. The van der Waals surface area contributed by atoms with Crippen LogP contribution in [0.5, 0.6) is 0 Å². The third-order valence-corrected chi connectivity index (χ3v) is 5.44. The van der Waals surface area contributed by atoms with E-state index < -0.39 is 11.7 Å². The third-order valence-electron chi connectivity index (χ3n) is 5.44. The molecule has 3 aliphatic rings. The zero-order valence-corrected chi connectivity index (χ0v) is 23.2. The summed E-state index contributed by atoms with van der Waals surface area (Å²) < 4.78 is 6.12. The van der Waals surface area contributed by atoms with E-state index in [2.05, 4.69) is 37.3 Å². The van der Waals surface area contributed by atoms with E-state index >= 15 is 0 Å². The van der Waals surface area contributed by atoms with Crippen molar-refractivity contribution < 1.29 is 9.84 Å². The molecule has 1 aliphatic carbocycles. The molecule has 2 atom stereocenters. The first-order chi connectivity index (χ1) is 16.3. The number of hydrogen-bond donors (Lipinski definition) is 2. The van der Waals surface area contributed by atoms with E-state index in [4.69, 9.17) is 15.5 Å². The molecule has 1 fully saturated rings. The smallest absolute Gasteiger partial charge is 0.0895 e. The normalized spacial score (nSPS) is 21.9. The van der Waals surface area contributed by atoms with Gasteiger partial charge in [0.2, 0.25) is 0 Å². The maximum absolute atomic E-state index is 10.2. The molecule has 0 radical (unpaired) electrons. The Kier molecular flexibility index (Phi) is 16.4. The number of nitrogens with two attached hydrogens (primary N) is 1. The number of fused-ring (bicyclic) bond motifs is 1. The number of ether oxygens (including phenoxy) is 1. The summed E-state index contributed by atoms with van der Waals surface area (Å²) in [4.78, 5) is 4.71. The molecule has 0 spiro atoms. The Hall–Kier alpha value is -2.01. The second-order valence-electron chi connectivity index (χ2n) is 8.60. The number of aliphatic hydroxyl groups excluding tert-OH is 1. The van der Waals surface area contributed by atoms with Crippen LogP contribution in [-0.2, 0) is 4.74 Å². The van der Waals surface area contributed by atoms with E-state index in [1.807, 2.05) is 73.6 Å². The first-order valence-electron chi connectivity index (χ1n) is 13.0. The van der Waals surface area contributed by atoms with Crippen LogP contribution in [0.4, 0.5) is 0 Å². The van der Waals surface area contributed by atoms with E-state index in [1.165, 1.54) is 16.7 Å². The van der Waals surface area contributed by atoms with E-state index in [0.717, 1.165) is 37.2 Å². The molecule has 34 heavy (non-hydrogen) atoms. The molecule has 0 bridgehead atoms. The molecule has 4 rings (SSSR count). The van der Waals surface area contributed by atoms with Crippen molar-refractivity contribution in [3.05, 3.63) is 71.0 Å². The lowest BCUT2D eigenvalue weighted by Crippen LogP contribution is -2.47. The molecule has 0 amide bonds. The van der Waals surface area contributed by atoms with Gasteiger partial charge in [0, 0.05) is 5.71 Å². The highest BCUT2D eigenvalue weighted by Crippen LogP contribution is 2.38. The average Bonchev–Trinajstić information content (AvgIpc) is 3.09. The highest BCUT2D eigenvalue weighted by molar-refractivity contribution is 5.94. The molecule has 0 saturated carbocycles. The van der Waals surface area contributed by atoms with Crippen molar-refractivity contribution in [1.82, 2.24) is 0 Å². The van der Waals surface area contributed by atoms with Crippen LogP contribution in [-0.4, -0.2) is 35.2 Å². The van der Waals surface area contributed by atoms with Gasteiger partial charge in [0.05, 0.1) is 23.5 Å². The van der Waals surface area contributed by atoms with Gasteiger partial charge in [-0.25, -0.2) is 0 Å². The standard InChI is InChI=1S/C17H23NO2.C7H8.C2H7N.2C2H6/c1-11-5-4-6-12-7-8-15-13(9-14(12)18-11)10-16(19)17(2,3)20-15;1-7-5-3-2-4-6-7;1-2-3;2*1-2/h4-5,9,15-16,19H,6-8,10H2,1-3H3;2-6H,1H3;2-3H2,1H3;2*1-2H3. The predicted octanol–water partition coefficient (Wildman–Crippen LogP) is 7.32. The Morgan fingerprint density at radius 3 is 2.21 bits per heavy atom. The van der Waals surface area contributed by atoms with Gasteiger partial charge in [0.15, 0.2) is 0 Å². The van der Waals surface area contributed by atoms with Gasteiger partial charge in [-0.15, -0.1) is 0 Å². The number of benzene rings is 1. The van der Waals surface area contributed by atoms with Crippen molar-refractivity contribution in [2.45, 2.75) is 106 Å². The molecule has 0 aromatic heterocycles. The fraction of sp³-hybridized carbons (Fsp3) is 0.567. The summed E-state index contributed by atoms with van der Waals surface area (Å²) in [6.45, 7) is 18.7. The van der Waals surface area contributed by atoms with Crippen LogP contribution < -0.4 is 5.73 Å². The number of rotatable bonds is 0. The van der Waals surface area contributed by atoms with Gasteiger partial charge in [-0.2, -0.15) is 0 Å². The lowest BCUT2D eigenvalue weighted by atomic mass is 9.87. The highest BCUT2D eigenvalue weighted by atomic mass is 16.5. The summed E-state index contributed by atoms with van der Waals surface area (Å²) in [5, 5.41) is 10.2. The van der Waals surface area contributed by atoms with Crippen LogP contribution in [0.15, 0.2) is 70.4 Å². The summed E-state index contributed by atoms with van der Waals surface area (Å²) in [7, 11) is 0. The van der Waals surface area contributed by atoms with Gasteiger partial charge >= 0.3 is 0 Å². The Bertz CT molecular complexity index is 804. The van der Waals surface area contributed by atoms with Crippen molar-refractivity contribution in [2.75, 3.05) is 6.54 Å². The van der Waals surface area contributed by atoms with Gasteiger partial charge in [0.25, 0.3) is 0 Å². The van der Waals surface area contributed by atoms with Crippen molar-refractivity contribution in [1.29, 1.82) is 0 Å².